The van der Waals surface area contributed by atoms with E-state index in [2.05, 4.69) is 10.3 Å². The number of anilines is 1. The molecule has 1 aromatic heterocycles. The maximum Gasteiger partial charge on any atom is 0.248 e. The standard InChI is InChI=1S/C13H13ClN4O/c14-11-5-1-3-10-4-2-7-18(13(10)11)12(19)9-17-8-6-15-16-17/h1,3,5-6,8H,2,4,7,9H2. The molecule has 0 N–H and O–H groups in total. The fourth-order valence-corrected chi connectivity index (χ4v) is 2.69. The summed E-state index contributed by atoms with van der Waals surface area (Å²) < 4.78 is 1.52. The highest BCUT2D eigenvalue weighted by Crippen LogP contribution is 2.34. The Labute approximate surface area is 115 Å². The van der Waals surface area contributed by atoms with Crippen LogP contribution in [0.4, 0.5) is 5.69 Å². The number of hydrogen-bond donors (Lipinski definition) is 0. The molecule has 5 nitrogen and oxygen atoms in total. The number of benzene rings is 1. The lowest BCUT2D eigenvalue weighted by Gasteiger charge is -2.30. The summed E-state index contributed by atoms with van der Waals surface area (Å²) in [5, 5.41) is 8.14. The van der Waals surface area contributed by atoms with Gasteiger partial charge in [0.15, 0.2) is 0 Å². The summed E-state index contributed by atoms with van der Waals surface area (Å²) in [6, 6.07) is 5.77. The van der Waals surface area contributed by atoms with Crippen molar-refractivity contribution in [2.45, 2.75) is 19.4 Å². The maximum atomic E-state index is 12.4. The Morgan fingerprint density at radius 1 is 1.42 bits per heavy atom. The summed E-state index contributed by atoms with van der Waals surface area (Å²) in [6.07, 6.45) is 5.15. The smallest absolute Gasteiger partial charge is 0.248 e. The van der Waals surface area contributed by atoms with Gasteiger partial charge in [-0.2, -0.15) is 0 Å². The number of fused-ring (bicyclic) bond motifs is 1. The maximum absolute atomic E-state index is 12.4. The van der Waals surface area contributed by atoms with Gasteiger partial charge in [-0.3, -0.25) is 4.79 Å². The average Bonchev–Trinajstić information content (AvgIpc) is 2.91. The first-order valence-corrected chi connectivity index (χ1v) is 6.55. The van der Waals surface area contributed by atoms with Crippen molar-refractivity contribution in [2.75, 3.05) is 11.4 Å². The molecule has 1 aliphatic rings. The second kappa shape index (κ2) is 5.01. The van der Waals surface area contributed by atoms with Crippen LogP contribution in [0.1, 0.15) is 12.0 Å². The number of hydrogen-bond acceptors (Lipinski definition) is 3. The summed E-state index contributed by atoms with van der Waals surface area (Å²) in [6.45, 7) is 0.884. The molecule has 0 bridgehead atoms. The van der Waals surface area contributed by atoms with E-state index in [9.17, 15) is 4.79 Å². The third-order valence-electron chi connectivity index (χ3n) is 3.24. The van der Waals surface area contributed by atoms with E-state index in [1.807, 2.05) is 18.2 Å². The lowest BCUT2D eigenvalue weighted by Crippen LogP contribution is -2.38. The molecular formula is C13H13ClN4O. The van der Waals surface area contributed by atoms with Gasteiger partial charge in [-0.25, -0.2) is 4.68 Å². The van der Waals surface area contributed by atoms with Crippen LogP contribution in [-0.4, -0.2) is 27.4 Å². The number of amides is 1. The molecule has 98 valence electrons. The Kier molecular flexibility index (Phi) is 3.21. The average molecular weight is 277 g/mol. The lowest BCUT2D eigenvalue weighted by molar-refractivity contribution is -0.119. The predicted octanol–water partition coefficient (Wildman–Crippen LogP) is 1.91. The van der Waals surface area contributed by atoms with Crippen molar-refractivity contribution < 1.29 is 4.79 Å². The van der Waals surface area contributed by atoms with Crippen LogP contribution in [0.15, 0.2) is 30.6 Å². The third-order valence-corrected chi connectivity index (χ3v) is 3.54. The highest BCUT2D eigenvalue weighted by atomic mass is 35.5. The largest absolute Gasteiger partial charge is 0.309 e. The molecule has 0 fully saturated rings. The van der Waals surface area contributed by atoms with Gasteiger partial charge in [-0.05, 0) is 24.5 Å². The van der Waals surface area contributed by atoms with E-state index in [1.165, 1.54) is 4.68 Å². The van der Waals surface area contributed by atoms with Crippen molar-refractivity contribution in [1.29, 1.82) is 0 Å². The Balaban J connectivity index is 1.89. The molecule has 0 saturated heterocycles. The van der Waals surface area contributed by atoms with Gasteiger partial charge >= 0.3 is 0 Å². The van der Waals surface area contributed by atoms with Crippen LogP contribution in [0, 0.1) is 0 Å². The molecule has 1 amide bonds. The molecule has 1 aliphatic heterocycles. The summed E-state index contributed by atoms with van der Waals surface area (Å²) >= 11 is 6.23. The van der Waals surface area contributed by atoms with E-state index >= 15 is 0 Å². The highest BCUT2D eigenvalue weighted by Gasteiger charge is 2.24. The number of carbonyl (C=O) groups is 1. The molecule has 19 heavy (non-hydrogen) atoms. The highest BCUT2D eigenvalue weighted by molar-refractivity contribution is 6.34. The first-order valence-electron chi connectivity index (χ1n) is 6.17. The zero-order chi connectivity index (χ0) is 13.2. The van der Waals surface area contributed by atoms with E-state index in [-0.39, 0.29) is 12.5 Å². The van der Waals surface area contributed by atoms with Crippen molar-refractivity contribution in [3.63, 3.8) is 0 Å². The number of aromatic nitrogens is 3. The van der Waals surface area contributed by atoms with Gasteiger partial charge in [-0.1, -0.05) is 28.9 Å². The number of aryl methyl sites for hydroxylation is 1. The quantitative estimate of drug-likeness (QED) is 0.842. The van der Waals surface area contributed by atoms with Crippen molar-refractivity contribution in [1.82, 2.24) is 15.0 Å². The van der Waals surface area contributed by atoms with Crippen LogP contribution in [0.3, 0.4) is 0 Å². The molecule has 2 aromatic rings. The van der Waals surface area contributed by atoms with Crippen LogP contribution < -0.4 is 4.90 Å². The minimum absolute atomic E-state index is 0.0143. The Morgan fingerprint density at radius 3 is 3.11 bits per heavy atom. The van der Waals surface area contributed by atoms with Crippen LogP contribution in [0.2, 0.25) is 5.02 Å². The predicted molar refractivity (Wildman–Crippen MR) is 72.1 cm³/mol. The molecule has 0 unspecified atom stereocenters. The normalized spacial score (nSPS) is 14.3. The molecule has 0 atom stereocenters. The molecule has 2 heterocycles. The first-order chi connectivity index (χ1) is 9.25. The Morgan fingerprint density at radius 2 is 2.32 bits per heavy atom. The van der Waals surface area contributed by atoms with Crippen LogP contribution in [0.25, 0.3) is 0 Å². The van der Waals surface area contributed by atoms with Crippen molar-refractivity contribution in [3.8, 4) is 0 Å². The molecular weight excluding hydrogens is 264 g/mol. The van der Waals surface area contributed by atoms with Gasteiger partial charge in [0.25, 0.3) is 0 Å². The molecule has 6 heteroatoms. The van der Waals surface area contributed by atoms with Gasteiger partial charge in [0.05, 0.1) is 16.9 Å². The van der Waals surface area contributed by atoms with E-state index in [0.29, 0.717) is 11.6 Å². The van der Waals surface area contributed by atoms with Crippen molar-refractivity contribution >= 4 is 23.2 Å². The molecule has 0 saturated carbocycles. The van der Waals surface area contributed by atoms with E-state index < -0.39 is 0 Å². The minimum Gasteiger partial charge on any atom is -0.309 e. The summed E-state index contributed by atoms with van der Waals surface area (Å²) in [5.74, 6) is -0.0143. The zero-order valence-corrected chi connectivity index (χ0v) is 11.0. The van der Waals surface area contributed by atoms with Crippen molar-refractivity contribution in [3.05, 3.63) is 41.2 Å². The summed E-state index contributed by atoms with van der Waals surface area (Å²) in [4.78, 5) is 14.1. The molecule has 0 spiro atoms. The van der Waals surface area contributed by atoms with E-state index in [4.69, 9.17) is 11.6 Å². The topological polar surface area (TPSA) is 51.0 Å². The molecule has 3 rings (SSSR count). The minimum atomic E-state index is -0.0143. The molecule has 0 aliphatic carbocycles. The van der Waals surface area contributed by atoms with Crippen LogP contribution in [0.5, 0.6) is 0 Å². The van der Waals surface area contributed by atoms with Crippen LogP contribution >= 0.6 is 11.6 Å². The Hall–Kier alpha value is -1.88. The van der Waals surface area contributed by atoms with Crippen molar-refractivity contribution in [2.24, 2.45) is 0 Å². The first kappa shape index (κ1) is 12.2. The fraction of sp³-hybridized carbons (Fsp3) is 0.308. The van der Waals surface area contributed by atoms with Gasteiger partial charge in [0, 0.05) is 12.7 Å². The van der Waals surface area contributed by atoms with Crippen LogP contribution in [-0.2, 0) is 17.8 Å². The molecule has 0 radical (unpaired) electrons. The number of halogens is 1. The second-order valence-electron chi connectivity index (χ2n) is 4.50. The molecule has 1 aromatic carbocycles. The lowest BCUT2D eigenvalue weighted by atomic mass is 10.0. The van der Waals surface area contributed by atoms with E-state index in [0.717, 1.165) is 24.1 Å². The summed E-state index contributed by atoms with van der Waals surface area (Å²) in [5.41, 5.74) is 1.98. The van der Waals surface area contributed by atoms with Gasteiger partial charge in [0.1, 0.15) is 6.54 Å². The number of nitrogens with zero attached hydrogens (tertiary/aromatic N) is 4. The Bertz CT molecular complexity index is 597. The van der Waals surface area contributed by atoms with Gasteiger partial charge in [0.2, 0.25) is 5.91 Å². The third kappa shape index (κ3) is 2.33. The van der Waals surface area contributed by atoms with Gasteiger partial charge in [-0.15, -0.1) is 5.10 Å². The number of carbonyl (C=O) groups excluding carboxylic acids is 1. The summed E-state index contributed by atoms with van der Waals surface area (Å²) in [7, 11) is 0. The number of rotatable bonds is 2. The second-order valence-corrected chi connectivity index (χ2v) is 4.90. The zero-order valence-electron chi connectivity index (χ0n) is 10.3. The van der Waals surface area contributed by atoms with E-state index in [1.54, 1.807) is 17.3 Å². The van der Waals surface area contributed by atoms with Gasteiger partial charge < -0.3 is 4.90 Å². The fourth-order valence-electron chi connectivity index (χ4n) is 2.39. The monoisotopic (exact) mass is 276 g/mol. The SMILES string of the molecule is O=C(Cn1ccnn1)N1CCCc2cccc(Cl)c21. The number of para-hydroxylation sites is 1.